The molecule has 0 unspecified atom stereocenters. The number of hydrogen-bond donors (Lipinski definition) is 2. The SMILES string of the molecule is Cc1ncc(-c2ccc3cnc(NC(=O)C[C@H]4CC[C@H](CO)CC4)cc3c2)o1. The van der Waals surface area contributed by atoms with Gasteiger partial charge >= 0.3 is 0 Å². The number of oxazole rings is 1. The van der Waals surface area contributed by atoms with E-state index in [-0.39, 0.29) is 12.5 Å². The second-order valence-corrected chi connectivity index (χ2v) is 7.70. The van der Waals surface area contributed by atoms with Crippen molar-refractivity contribution in [1.82, 2.24) is 9.97 Å². The summed E-state index contributed by atoms with van der Waals surface area (Å²) in [4.78, 5) is 21.0. The van der Waals surface area contributed by atoms with Crippen LogP contribution in [0.2, 0.25) is 0 Å². The molecule has 1 aliphatic rings. The van der Waals surface area contributed by atoms with E-state index in [1.807, 2.05) is 31.2 Å². The van der Waals surface area contributed by atoms with Gasteiger partial charge in [0.25, 0.3) is 0 Å². The topological polar surface area (TPSA) is 88.2 Å². The van der Waals surface area contributed by atoms with Gasteiger partial charge in [0.15, 0.2) is 11.7 Å². The number of carbonyl (C=O) groups is 1. The van der Waals surface area contributed by atoms with Gasteiger partial charge in [-0.15, -0.1) is 0 Å². The molecule has 6 nitrogen and oxygen atoms in total. The van der Waals surface area contributed by atoms with E-state index in [0.29, 0.717) is 30.0 Å². The molecule has 28 heavy (non-hydrogen) atoms. The molecule has 0 saturated heterocycles. The van der Waals surface area contributed by atoms with Crippen LogP contribution in [0.3, 0.4) is 0 Å². The lowest BCUT2D eigenvalue weighted by molar-refractivity contribution is -0.117. The Morgan fingerprint density at radius 3 is 2.61 bits per heavy atom. The van der Waals surface area contributed by atoms with Gasteiger partial charge in [-0.05, 0) is 55.0 Å². The second-order valence-electron chi connectivity index (χ2n) is 7.70. The third-order valence-electron chi connectivity index (χ3n) is 5.59. The van der Waals surface area contributed by atoms with Crippen LogP contribution in [0.5, 0.6) is 0 Å². The smallest absolute Gasteiger partial charge is 0.225 e. The molecule has 0 atom stereocenters. The summed E-state index contributed by atoms with van der Waals surface area (Å²) < 4.78 is 5.60. The van der Waals surface area contributed by atoms with E-state index in [4.69, 9.17) is 4.42 Å². The van der Waals surface area contributed by atoms with Crippen LogP contribution in [0.4, 0.5) is 5.82 Å². The number of nitrogens with one attached hydrogen (secondary N) is 1. The first-order valence-corrected chi connectivity index (χ1v) is 9.84. The molecule has 2 heterocycles. The van der Waals surface area contributed by atoms with Crippen molar-refractivity contribution in [3.63, 3.8) is 0 Å². The van der Waals surface area contributed by atoms with Gasteiger partial charge in [-0.3, -0.25) is 4.79 Å². The molecule has 0 aliphatic heterocycles. The van der Waals surface area contributed by atoms with Crippen molar-refractivity contribution in [2.75, 3.05) is 11.9 Å². The maximum atomic E-state index is 12.4. The molecule has 1 saturated carbocycles. The summed E-state index contributed by atoms with van der Waals surface area (Å²) in [6.07, 6.45) is 8.01. The first-order valence-electron chi connectivity index (χ1n) is 9.84. The molecule has 3 aromatic rings. The molecule has 2 N–H and O–H groups in total. The summed E-state index contributed by atoms with van der Waals surface area (Å²) in [6, 6.07) is 7.87. The molecular weight excluding hydrogens is 354 g/mol. The van der Waals surface area contributed by atoms with Crippen LogP contribution in [0.25, 0.3) is 22.1 Å². The fraction of sp³-hybridized carbons (Fsp3) is 0.409. The van der Waals surface area contributed by atoms with Crippen molar-refractivity contribution in [2.24, 2.45) is 11.8 Å². The molecule has 1 fully saturated rings. The average Bonchev–Trinajstić information content (AvgIpc) is 3.14. The van der Waals surface area contributed by atoms with Crippen LogP contribution >= 0.6 is 0 Å². The van der Waals surface area contributed by atoms with E-state index >= 15 is 0 Å². The number of carbonyl (C=O) groups excluding carboxylic acids is 1. The molecule has 1 amide bonds. The summed E-state index contributed by atoms with van der Waals surface area (Å²) in [5, 5.41) is 14.2. The number of anilines is 1. The minimum atomic E-state index is 0.00122. The lowest BCUT2D eigenvalue weighted by Gasteiger charge is -2.26. The number of aliphatic hydroxyl groups excluding tert-OH is 1. The van der Waals surface area contributed by atoms with Crippen molar-refractivity contribution in [3.05, 3.63) is 42.5 Å². The molecule has 1 aliphatic carbocycles. The Morgan fingerprint density at radius 2 is 1.89 bits per heavy atom. The Bertz CT molecular complexity index is 974. The number of fused-ring (bicyclic) bond motifs is 1. The molecule has 146 valence electrons. The number of amides is 1. The predicted octanol–water partition coefficient (Wildman–Crippen LogP) is 4.33. The van der Waals surface area contributed by atoms with E-state index < -0.39 is 0 Å². The van der Waals surface area contributed by atoms with Gasteiger partial charge in [-0.25, -0.2) is 9.97 Å². The molecule has 0 radical (unpaired) electrons. The summed E-state index contributed by atoms with van der Waals surface area (Å²) in [6.45, 7) is 2.08. The summed E-state index contributed by atoms with van der Waals surface area (Å²) in [5.74, 6) is 2.72. The van der Waals surface area contributed by atoms with Crippen LogP contribution in [-0.4, -0.2) is 27.6 Å². The molecule has 0 bridgehead atoms. The molecule has 0 spiro atoms. The number of nitrogens with zero attached hydrogens (tertiary/aromatic N) is 2. The number of aryl methyl sites for hydroxylation is 1. The maximum Gasteiger partial charge on any atom is 0.225 e. The number of benzene rings is 1. The Labute approximate surface area is 164 Å². The number of aromatic nitrogens is 2. The summed E-state index contributed by atoms with van der Waals surface area (Å²) >= 11 is 0. The Morgan fingerprint density at radius 1 is 1.11 bits per heavy atom. The van der Waals surface area contributed by atoms with Gasteiger partial charge in [0.2, 0.25) is 5.91 Å². The maximum absolute atomic E-state index is 12.4. The summed E-state index contributed by atoms with van der Waals surface area (Å²) in [7, 11) is 0. The van der Waals surface area contributed by atoms with Gasteiger partial charge < -0.3 is 14.8 Å². The van der Waals surface area contributed by atoms with E-state index in [1.54, 1.807) is 12.4 Å². The Balaban J connectivity index is 1.44. The van der Waals surface area contributed by atoms with E-state index in [2.05, 4.69) is 15.3 Å². The van der Waals surface area contributed by atoms with E-state index in [0.717, 1.165) is 47.8 Å². The van der Waals surface area contributed by atoms with Crippen LogP contribution in [-0.2, 0) is 4.79 Å². The average molecular weight is 379 g/mol. The highest BCUT2D eigenvalue weighted by Gasteiger charge is 2.22. The van der Waals surface area contributed by atoms with Crippen LogP contribution in [0.1, 0.15) is 38.0 Å². The molecule has 2 aromatic heterocycles. The number of pyridine rings is 1. The van der Waals surface area contributed by atoms with Gasteiger partial charge in [0, 0.05) is 37.1 Å². The molecule has 1 aromatic carbocycles. The monoisotopic (exact) mass is 379 g/mol. The zero-order valence-corrected chi connectivity index (χ0v) is 16.0. The van der Waals surface area contributed by atoms with Crippen molar-refractivity contribution in [2.45, 2.75) is 39.0 Å². The lowest BCUT2D eigenvalue weighted by Crippen LogP contribution is -2.22. The number of hydrogen-bond acceptors (Lipinski definition) is 5. The molecule has 6 heteroatoms. The highest BCUT2D eigenvalue weighted by atomic mass is 16.4. The fourth-order valence-corrected chi connectivity index (χ4v) is 3.93. The third-order valence-corrected chi connectivity index (χ3v) is 5.59. The van der Waals surface area contributed by atoms with Gasteiger partial charge in [-0.2, -0.15) is 0 Å². The highest BCUT2D eigenvalue weighted by Crippen LogP contribution is 2.31. The van der Waals surface area contributed by atoms with Crippen LogP contribution in [0, 0.1) is 18.8 Å². The normalized spacial score (nSPS) is 19.6. The zero-order valence-electron chi connectivity index (χ0n) is 16.0. The van der Waals surface area contributed by atoms with Crippen molar-refractivity contribution in [3.8, 4) is 11.3 Å². The molecular formula is C22H25N3O3. The first kappa shape index (κ1) is 18.6. The quantitative estimate of drug-likeness (QED) is 0.689. The van der Waals surface area contributed by atoms with Gasteiger partial charge in [0.05, 0.1) is 6.20 Å². The Hall–Kier alpha value is -2.73. The lowest BCUT2D eigenvalue weighted by atomic mass is 9.81. The minimum absolute atomic E-state index is 0.00122. The fourth-order valence-electron chi connectivity index (χ4n) is 3.93. The first-order chi connectivity index (χ1) is 13.6. The van der Waals surface area contributed by atoms with Crippen molar-refractivity contribution >= 4 is 22.5 Å². The van der Waals surface area contributed by atoms with Crippen molar-refractivity contribution in [1.29, 1.82) is 0 Å². The third kappa shape index (κ3) is 4.22. The van der Waals surface area contributed by atoms with Gasteiger partial charge in [-0.1, -0.05) is 12.1 Å². The number of rotatable bonds is 5. The van der Waals surface area contributed by atoms with Crippen LogP contribution in [0.15, 0.2) is 41.1 Å². The second kappa shape index (κ2) is 8.10. The predicted molar refractivity (Wildman–Crippen MR) is 108 cm³/mol. The minimum Gasteiger partial charge on any atom is -0.441 e. The van der Waals surface area contributed by atoms with E-state index in [9.17, 15) is 9.90 Å². The number of aliphatic hydroxyl groups is 1. The largest absolute Gasteiger partial charge is 0.441 e. The standard InChI is InChI=1S/C22H25N3O3/c1-14-23-12-20(28-14)17-6-7-18-11-24-21(10-19(18)9-17)25-22(27)8-15-2-4-16(13-26)5-3-15/h6-7,9-12,15-16,26H,2-5,8,13H2,1H3,(H,24,25,27)/t15-,16-. The zero-order chi connectivity index (χ0) is 19.5. The summed E-state index contributed by atoms with van der Waals surface area (Å²) in [5.41, 5.74) is 0.942. The van der Waals surface area contributed by atoms with Crippen LogP contribution < -0.4 is 5.32 Å². The Kier molecular flexibility index (Phi) is 5.39. The van der Waals surface area contributed by atoms with E-state index in [1.165, 1.54) is 0 Å². The van der Waals surface area contributed by atoms with Crippen molar-refractivity contribution < 1.29 is 14.3 Å². The van der Waals surface area contributed by atoms with Gasteiger partial charge in [0.1, 0.15) is 5.82 Å². The highest BCUT2D eigenvalue weighted by molar-refractivity contribution is 5.93. The molecule has 4 rings (SSSR count).